The van der Waals surface area contributed by atoms with Crippen molar-refractivity contribution in [2.45, 2.75) is 87.2 Å². The highest BCUT2D eigenvalue weighted by molar-refractivity contribution is 8.01. The van der Waals surface area contributed by atoms with E-state index in [9.17, 15) is 46.7 Å². The fourth-order valence-electron chi connectivity index (χ4n) is 5.12. The number of esters is 5. The predicted octanol–water partition coefficient (Wildman–Crippen LogP) is 2.53. The van der Waals surface area contributed by atoms with Crippen LogP contribution >= 0.6 is 11.8 Å². The predicted molar refractivity (Wildman–Crippen MR) is 175 cm³/mol. The highest BCUT2D eigenvalue weighted by Gasteiger charge is 2.59. The molecule has 1 heterocycles. The molecule has 288 valence electrons. The number of hydrogen-bond acceptors (Lipinski definition) is 14. The molecule has 0 spiro atoms. The Morgan fingerprint density at radius 1 is 0.849 bits per heavy atom. The third-order valence-corrected chi connectivity index (χ3v) is 8.44. The number of nitrogens with one attached hydrogen (secondary N) is 2. The molecule has 1 aliphatic heterocycles. The minimum Gasteiger partial charge on any atom is -0.462 e. The summed E-state index contributed by atoms with van der Waals surface area (Å²) in [6, 6.07) is 15.0. The van der Waals surface area contributed by atoms with Crippen molar-refractivity contribution in [3.8, 4) is 0 Å². The second-order valence-corrected chi connectivity index (χ2v) is 12.8. The zero-order valence-corrected chi connectivity index (χ0v) is 29.7. The summed E-state index contributed by atoms with van der Waals surface area (Å²) in [7, 11) is 0. The number of amides is 2. The first kappa shape index (κ1) is 42.2. The Labute approximate surface area is 305 Å². The van der Waals surface area contributed by atoms with Crippen molar-refractivity contribution in [2.75, 3.05) is 13.2 Å². The third kappa shape index (κ3) is 13.1. The monoisotopic (exact) mass is 770 g/mol. The van der Waals surface area contributed by atoms with Crippen molar-refractivity contribution in [1.82, 2.24) is 10.6 Å². The Hall–Kier alpha value is -5.17. The lowest BCUT2D eigenvalue weighted by Crippen LogP contribution is -2.68. The maximum Gasteiger partial charge on any atom is 0.471 e. The fourth-order valence-corrected chi connectivity index (χ4v) is 6.35. The molecule has 1 fully saturated rings. The summed E-state index contributed by atoms with van der Waals surface area (Å²) in [5.41, 5.74) is 0.574. The van der Waals surface area contributed by atoms with Crippen LogP contribution in [0, 0.1) is 0 Å². The van der Waals surface area contributed by atoms with E-state index in [2.05, 4.69) is 5.32 Å². The standard InChI is InChI=1S/C34H37F3N2O13S/c1-19(40)47-18-26(50-21(3)42)29(51-22(4)43)30-28(39-27(44)16-38-31(45)34(35,36)37)25(49-20(2)41)15-33(52-30,53-24-13-9-6-10-14-24)32(46)48-17-23-11-7-5-8-12-23/h5-14,25-26,28-30H,15-18H2,1-4H3,(H,38,45)(H,39,44)/t25-,26+,28+,29+,30?,33+/m0/s1. The van der Waals surface area contributed by atoms with E-state index in [1.807, 2.05) is 0 Å². The zero-order valence-electron chi connectivity index (χ0n) is 28.8. The van der Waals surface area contributed by atoms with Crippen LogP contribution in [0.1, 0.15) is 39.7 Å². The molecular formula is C34H37F3N2O13S. The molecule has 0 aliphatic carbocycles. The van der Waals surface area contributed by atoms with Crippen molar-refractivity contribution < 1.29 is 75.2 Å². The molecule has 1 saturated heterocycles. The first-order valence-corrected chi connectivity index (χ1v) is 16.6. The SMILES string of the molecule is CC(=O)OC[C@@H](OC(C)=O)[C@@H](OC(C)=O)C1O[C@](Sc2ccccc2)(C(=O)OCc2ccccc2)C[C@H](OC(C)=O)[C@H]1NC(=O)CNC(=O)C(F)(F)F. The van der Waals surface area contributed by atoms with Crippen LogP contribution < -0.4 is 10.6 Å². The van der Waals surface area contributed by atoms with Crippen molar-refractivity contribution in [2.24, 2.45) is 0 Å². The molecule has 19 heteroatoms. The molecule has 1 unspecified atom stereocenters. The lowest BCUT2D eigenvalue weighted by molar-refractivity contribution is -0.225. The number of alkyl halides is 3. The van der Waals surface area contributed by atoms with E-state index in [0.29, 0.717) is 10.5 Å². The molecule has 2 N–H and O–H groups in total. The van der Waals surface area contributed by atoms with Gasteiger partial charge in [-0.2, -0.15) is 13.2 Å². The Morgan fingerprint density at radius 2 is 1.45 bits per heavy atom. The number of halogens is 3. The topological polar surface area (TPSA) is 199 Å². The molecule has 0 bridgehead atoms. The summed E-state index contributed by atoms with van der Waals surface area (Å²) < 4.78 is 72.4. The van der Waals surface area contributed by atoms with E-state index in [1.165, 1.54) is 5.32 Å². The van der Waals surface area contributed by atoms with E-state index in [4.69, 9.17) is 28.4 Å². The van der Waals surface area contributed by atoms with Gasteiger partial charge in [-0.1, -0.05) is 60.3 Å². The van der Waals surface area contributed by atoms with E-state index in [-0.39, 0.29) is 6.61 Å². The maximum absolute atomic E-state index is 14.3. The number of ether oxygens (including phenoxy) is 6. The molecule has 2 aromatic rings. The Morgan fingerprint density at radius 3 is 2.00 bits per heavy atom. The molecule has 2 aromatic carbocycles. The van der Waals surface area contributed by atoms with E-state index >= 15 is 0 Å². The summed E-state index contributed by atoms with van der Waals surface area (Å²) >= 11 is 0.791. The summed E-state index contributed by atoms with van der Waals surface area (Å²) in [5, 5.41) is 3.74. The Kier molecular flexibility index (Phi) is 15.2. The lowest BCUT2D eigenvalue weighted by Gasteiger charge is -2.48. The Bertz CT molecular complexity index is 1630. The molecule has 2 amide bonds. The minimum absolute atomic E-state index is 0.266. The van der Waals surface area contributed by atoms with Gasteiger partial charge in [-0.25, -0.2) is 4.79 Å². The van der Waals surface area contributed by atoms with Gasteiger partial charge in [0.25, 0.3) is 0 Å². The van der Waals surface area contributed by atoms with Crippen LogP contribution in [-0.2, 0) is 68.6 Å². The normalized spacial score (nSPS) is 20.8. The molecular weight excluding hydrogens is 733 g/mol. The van der Waals surface area contributed by atoms with Crippen LogP contribution in [0.5, 0.6) is 0 Å². The first-order chi connectivity index (χ1) is 24.9. The van der Waals surface area contributed by atoms with Gasteiger partial charge in [-0.05, 0) is 17.7 Å². The summed E-state index contributed by atoms with van der Waals surface area (Å²) in [6.07, 6.45) is -13.0. The number of carbonyl (C=O) groups excluding carboxylic acids is 7. The van der Waals surface area contributed by atoms with Crippen LogP contribution in [0.2, 0.25) is 0 Å². The van der Waals surface area contributed by atoms with Gasteiger partial charge >= 0.3 is 41.9 Å². The number of hydrogen-bond donors (Lipinski definition) is 2. The maximum atomic E-state index is 14.3. The highest BCUT2D eigenvalue weighted by Crippen LogP contribution is 2.46. The second kappa shape index (κ2) is 19.1. The van der Waals surface area contributed by atoms with E-state index < -0.39 is 103 Å². The molecule has 0 saturated carbocycles. The molecule has 1 aliphatic rings. The van der Waals surface area contributed by atoms with Crippen molar-refractivity contribution in [3.63, 3.8) is 0 Å². The van der Waals surface area contributed by atoms with Gasteiger partial charge < -0.3 is 39.1 Å². The van der Waals surface area contributed by atoms with Gasteiger partial charge in [0.1, 0.15) is 25.4 Å². The van der Waals surface area contributed by atoms with Crippen LogP contribution in [-0.4, -0.2) is 96.4 Å². The van der Waals surface area contributed by atoms with Gasteiger partial charge in [0.2, 0.25) is 10.8 Å². The van der Waals surface area contributed by atoms with E-state index in [1.54, 1.807) is 60.7 Å². The number of carbonyl (C=O) groups is 7. The van der Waals surface area contributed by atoms with Gasteiger partial charge in [0, 0.05) is 39.0 Å². The number of thioether (sulfide) groups is 1. The highest BCUT2D eigenvalue weighted by atomic mass is 32.2. The largest absolute Gasteiger partial charge is 0.471 e. The van der Waals surface area contributed by atoms with Crippen LogP contribution in [0.25, 0.3) is 0 Å². The molecule has 0 radical (unpaired) electrons. The molecule has 15 nitrogen and oxygen atoms in total. The smallest absolute Gasteiger partial charge is 0.462 e. The van der Waals surface area contributed by atoms with Gasteiger partial charge in [0.15, 0.2) is 12.2 Å². The average Bonchev–Trinajstić information content (AvgIpc) is 3.08. The van der Waals surface area contributed by atoms with Crippen LogP contribution in [0.4, 0.5) is 13.2 Å². The number of benzene rings is 2. The quantitative estimate of drug-likeness (QED) is 0.198. The van der Waals surface area contributed by atoms with Crippen molar-refractivity contribution >= 4 is 53.4 Å². The molecule has 3 rings (SSSR count). The summed E-state index contributed by atoms with van der Waals surface area (Å²) in [5.74, 6) is -8.53. The number of rotatable bonds is 15. The van der Waals surface area contributed by atoms with Gasteiger partial charge in [0.05, 0.1) is 12.6 Å². The lowest BCUT2D eigenvalue weighted by atomic mass is 9.89. The second-order valence-electron chi connectivity index (χ2n) is 11.5. The van der Waals surface area contributed by atoms with Crippen LogP contribution in [0.15, 0.2) is 65.6 Å². The first-order valence-electron chi connectivity index (χ1n) is 15.8. The molecule has 53 heavy (non-hydrogen) atoms. The average molecular weight is 771 g/mol. The summed E-state index contributed by atoms with van der Waals surface area (Å²) in [4.78, 5) is 86.3. The van der Waals surface area contributed by atoms with E-state index in [0.717, 1.165) is 39.5 Å². The molecule has 6 atom stereocenters. The van der Waals surface area contributed by atoms with Crippen molar-refractivity contribution in [3.05, 3.63) is 66.2 Å². The summed E-state index contributed by atoms with van der Waals surface area (Å²) in [6.45, 7) is 1.70. The van der Waals surface area contributed by atoms with Crippen molar-refractivity contribution in [1.29, 1.82) is 0 Å². The Balaban J connectivity index is 2.22. The van der Waals surface area contributed by atoms with Crippen LogP contribution in [0.3, 0.4) is 0 Å². The fraction of sp³-hybridized carbons (Fsp3) is 0.441. The molecule has 0 aromatic heterocycles. The third-order valence-electron chi connectivity index (χ3n) is 7.17. The van der Waals surface area contributed by atoms with Gasteiger partial charge in [-0.3, -0.25) is 28.8 Å². The zero-order chi connectivity index (χ0) is 39.3. The van der Waals surface area contributed by atoms with Gasteiger partial charge in [-0.15, -0.1) is 0 Å². The minimum atomic E-state index is -5.33.